The van der Waals surface area contributed by atoms with Crippen LogP contribution in [0.4, 0.5) is 0 Å². The zero-order chi connectivity index (χ0) is 12.4. The Morgan fingerprint density at radius 2 is 2.18 bits per heavy atom. The topological polar surface area (TPSA) is 36.4 Å². The molecule has 0 aliphatic heterocycles. The van der Waals surface area contributed by atoms with Gasteiger partial charge in [-0.25, -0.2) is 0 Å². The maximum absolute atomic E-state index is 6.18. The van der Waals surface area contributed by atoms with E-state index in [1.807, 2.05) is 19.2 Å². The van der Waals surface area contributed by atoms with Gasteiger partial charge < -0.3 is 10.6 Å². The summed E-state index contributed by atoms with van der Waals surface area (Å²) in [4.78, 5) is 4.09. The maximum Gasteiger partial charge on any atom is 0.190 e. The molecule has 2 rings (SSSR count). The summed E-state index contributed by atoms with van der Waals surface area (Å²) in [6.45, 7) is 0. The third kappa shape index (κ3) is 2.85. The molecule has 5 heteroatoms. The molecular weight excluding hydrogens is 257 g/mol. The molecule has 0 radical (unpaired) electrons. The van der Waals surface area contributed by atoms with Crippen molar-refractivity contribution in [3.05, 3.63) is 33.8 Å². The van der Waals surface area contributed by atoms with E-state index in [1.54, 1.807) is 13.1 Å². The first kappa shape index (κ1) is 12.5. The Morgan fingerprint density at radius 1 is 1.41 bits per heavy atom. The van der Waals surface area contributed by atoms with Gasteiger partial charge in [-0.3, -0.25) is 4.99 Å². The molecule has 1 saturated carbocycles. The van der Waals surface area contributed by atoms with E-state index in [9.17, 15) is 0 Å². The van der Waals surface area contributed by atoms with Gasteiger partial charge in [0.25, 0.3) is 0 Å². The number of rotatable bonds is 2. The molecule has 2 N–H and O–H groups in total. The number of benzene rings is 1. The molecule has 1 aromatic rings. The van der Waals surface area contributed by atoms with Crippen molar-refractivity contribution in [3.63, 3.8) is 0 Å². The minimum atomic E-state index is 0.403. The molecule has 2 atom stereocenters. The average Bonchev–Trinajstić information content (AvgIpc) is 3.05. The quantitative estimate of drug-likeness (QED) is 0.641. The molecule has 0 heterocycles. The van der Waals surface area contributed by atoms with Gasteiger partial charge in [0, 0.05) is 36.1 Å². The Morgan fingerprint density at radius 3 is 2.76 bits per heavy atom. The standard InChI is InChI=1S/C12H15Cl2N3/c1-15-12(16-2)17-11-6-9(11)8-4-3-7(13)5-10(8)14/h3-5,9,11H,6H2,1-2H3,(H2,15,16,17)/t9-,11+/m0/s1. The molecule has 0 bridgehead atoms. The van der Waals surface area contributed by atoms with E-state index < -0.39 is 0 Å². The molecule has 1 aromatic carbocycles. The maximum atomic E-state index is 6.18. The van der Waals surface area contributed by atoms with E-state index in [2.05, 4.69) is 15.6 Å². The fourth-order valence-corrected chi connectivity index (χ4v) is 2.47. The van der Waals surface area contributed by atoms with E-state index in [4.69, 9.17) is 23.2 Å². The number of guanidine groups is 1. The van der Waals surface area contributed by atoms with Crippen LogP contribution >= 0.6 is 23.2 Å². The first-order valence-corrected chi connectivity index (χ1v) is 6.27. The lowest BCUT2D eigenvalue weighted by Crippen LogP contribution is -2.36. The molecule has 0 unspecified atom stereocenters. The summed E-state index contributed by atoms with van der Waals surface area (Å²) in [5, 5.41) is 7.75. The highest BCUT2D eigenvalue weighted by Gasteiger charge is 2.40. The number of aliphatic imine (C=N–C) groups is 1. The second-order valence-electron chi connectivity index (χ2n) is 4.08. The van der Waals surface area contributed by atoms with E-state index in [0.717, 1.165) is 23.0 Å². The summed E-state index contributed by atoms with van der Waals surface area (Å²) < 4.78 is 0. The lowest BCUT2D eigenvalue weighted by molar-refractivity contribution is 0.831. The Balaban J connectivity index is 2.03. The van der Waals surface area contributed by atoms with Crippen LogP contribution in [0.1, 0.15) is 17.9 Å². The number of hydrogen-bond donors (Lipinski definition) is 2. The van der Waals surface area contributed by atoms with Gasteiger partial charge in [-0.15, -0.1) is 0 Å². The van der Waals surface area contributed by atoms with Crippen LogP contribution in [0.15, 0.2) is 23.2 Å². The third-order valence-electron chi connectivity index (χ3n) is 2.93. The molecule has 0 aromatic heterocycles. The molecule has 1 fully saturated rings. The summed E-state index contributed by atoms with van der Waals surface area (Å²) in [6.07, 6.45) is 1.07. The second-order valence-corrected chi connectivity index (χ2v) is 4.92. The van der Waals surface area contributed by atoms with Gasteiger partial charge in [0.1, 0.15) is 0 Å². The Hall–Kier alpha value is -0.930. The van der Waals surface area contributed by atoms with Crippen molar-refractivity contribution in [2.75, 3.05) is 14.1 Å². The normalized spacial score (nSPS) is 23.4. The van der Waals surface area contributed by atoms with Crippen LogP contribution in [0.2, 0.25) is 10.0 Å². The van der Waals surface area contributed by atoms with Crippen LogP contribution in [0.25, 0.3) is 0 Å². The molecule has 0 amide bonds. The smallest absolute Gasteiger partial charge is 0.190 e. The predicted molar refractivity (Wildman–Crippen MR) is 73.2 cm³/mol. The van der Waals surface area contributed by atoms with Gasteiger partial charge in [0.2, 0.25) is 0 Å². The molecule has 3 nitrogen and oxygen atoms in total. The minimum Gasteiger partial charge on any atom is -0.359 e. The lowest BCUT2D eigenvalue weighted by atomic mass is 10.1. The zero-order valence-electron chi connectivity index (χ0n) is 9.80. The minimum absolute atomic E-state index is 0.403. The van der Waals surface area contributed by atoms with E-state index in [0.29, 0.717) is 17.0 Å². The lowest BCUT2D eigenvalue weighted by Gasteiger charge is -2.08. The summed E-state index contributed by atoms with van der Waals surface area (Å²) >= 11 is 12.1. The predicted octanol–water partition coefficient (Wildman–Crippen LogP) is 2.64. The fraction of sp³-hybridized carbons (Fsp3) is 0.417. The van der Waals surface area contributed by atoms with E-state index >= 15 is 0 Å². The van der Waals surface area contributed by atoms with Crippen molar-refractivity contribution >= 4 is 29.2 Å². The van der Waals surface area contributed by atoms with Crippen LogP contribution in [-0.4, -0.2) is 26.1 Å². The van der Waals surface area contributed by atoms with E-state index in [-0.39, 0.29) is 0 Å². The van der Waals surface area contributed by atoms with E-state index in [1.165, 1.54) is 0 Å². The van der Waals surface area contributed by atoms with Crippen molar-refractivity contribution in [2.45, 2.75) is 18.4 Å². The van der Waals surface area contributed by atoms with Crippen molar-refractivity contribution in [1.82, 2.24) is 10.6 Å². The van der Waals surface area contributed by atoms with Crippen LogP contribution < -0.4 is 10.6 Å². The fourth-order valence-electron chi connectivity index (χ4n) is 1.92. The number of hydrogen-bond acceptors (Lipinski definition) is 1. The molecule has 0 spiro atoms. The number of nitrogens with zero attached hydrogens (tertiary/aromatic N) is 1. The van der Waals surface area contributed by atoms with Gasteiger partial charge in [0.05, 0.1) is 0 Å². The van der Waals surface area contributed by atoms with Gasteiger partial charge in [-0.05, 0) is 24.1 Å². The highest BCUT2D eigenvalue weighted by molar-refractivity contribution is 6.35. The Labute approximate surface area is 111 Å². The van der Waals surface area contributed by atoms with Gasteiger partial charge >= 0.3 is 0 Å². The van der Waals surface area contributed by atoms with Crippen molar-refractivity contribution in [3.8, 4) is 0 Å². The number of nitrogens with one attached hydrogen (secondary N) is 2. The van der Waals surface area contributed by atoms with Crippen molar-refractivity contribution in [1.29, 1.82) is 0 Å². The molecule has 1 aliphatic carbocycles. The summed E-state index contributed by atoms with van der Waals surface area (Å²) in [7, 11) is 3.60. The van der Waals surface area contributed by atoms with Crippen LogP contribution in [0.5, 0.6) is 0 Å². The van der Waals surface area contributed by atoms with Crippen LogP contribution in [0, 0.1) is 0 Å². The van der Waals surface area contributed by atoms with Crippen molar-refractivity contribution < 1.29 is 0 Å². The number of halogens is 2. The summed E-state index contributed by atoms with van der Waals surface area (Å²) in [5.41, 5.74) is 1.15. The Kier molecular flexibility index (Phi) is 3.79. The monoisotopic (exact) mass is 271 g/mol. The highest BCUT2D eigenvalue weighted by atomic mass is 35.5. The Bertz CT molecular complexity index is 445. The largest absolute Gasteiger partial charge is 0.359 e. The molecular formula is C12H15Cl2N3. The molecule has 92 valence electrons. The zero-order valence-corrected chi connectivity index (χ0v) is 11.3. The summed E-state index contributed by atoms with van der Waals surface area (Å²) in [5.74, 6) is 1.26. The van der Waals surface area contributed by atoms with Gasteiger partial charge in [-0.2, -0.15) is 0 Å². The van der Waals surface area contributed by atoms with Crippen LogP contribution in [-0.2, 0) is 0 Å². The molecule has 1 aliphatic rings. The van der Waals surface area contributed by atoms with Crippen molar-refractivity contribution in [2.24, 2.45) is 4.99 Å². The first-order valence-electron chi connectivity index (χ1n) is 5.51. The SMILES string of the molecule is CN=C(NC)N[C@@H]1C[C@H]1c1ccc(Cl)cc1Cl. The first-order chi connectivity index (χ1) is 8.15. The third-order valence-corrected chi connectivity index (χ3v) is 3.50. The van der Waals surface area contributed by atoms with Gasteiger partial charge in [0.15, 0.2) is 5.96 Å². The van der Waals surface area contributed by atoms with Crippen LogP contribution in [0.3, 0.4) is 0 Å². The molecule has 17 heavy (non-hydrogen) atoms. The highest BCUT2D eigenvalue weighted by Crippen LogP contribution is 2.44. The summed E-state index contributed by atoms with van der Waals surface area (Å²) in [6, 6.07) is 6.07. The average molecular weight is 272 g/mol. The second kappa shape index (κ2) is 5.15. The molecule has 0 saturated heterocycles. The van der Waals surface area contributed by atoms with Gasteiger partial charge in [-0.1, -0.05) is 29.3 Å².